The summed E-state index contributed by atoms with van der Waals surface area (Å²) in [5.74, 6) is 0. The van der Waals surface area contributed by atoms with Crippen LogP contribution in [0.2, 0.25) is 0 Å². The molecule has 5 nitrogen and oxygen atoms in total. The second-order valence-corrected chi connectivity index (χ2v) is 8.89. The highest BCUT2D eigenvalue weighted by molar-refractivity contribution is 7.48. The molecule has 0 saturated carbocycles. The monoisotopic (exact) mass is 405 g/mol. The van der Waals surface area contributed by atoms with Gasteiger partial charge in [0.05, 0.1) is 19.8 Å². The van der Waals surface area contributed by atoms with Crippen LogP contribution < -0.4 is 0 Å². The number of rotatable bonds is 12. The Bertz CT molecular complexity index is 666. The first-order chi connectivity index (χ1) is 13.4. The van der Waals surface area contributed by atoms with E-state index in [1.165, 1.54) is 0 Å². The fourth-order valence-electron chi connectivity index (χ4n) is 2.94. The second kappa shape index (κ2) is 11.5. The summed E-state index contributed by atoms with van der Waals surface area (Å²) in [6.07, 6.45) is 0. The molecule has 2 rings (SSSR count). The van der Waals surface area contributed by atoms with E-state index in [9.17, 15) is 4.57 Å². The Morgan fingerprint density at radius 1 is 0.750 bits per heavy atom. The molecule has 0 aromatic heterocycles. The van der Waals surface area contributed by atoms with Gasteiger partial charge in [0.25, 0.3) is 0 Å². The number of phosphoric acid groups is 1. The van der Waals surface area contributed by atoms with Gasteiger partial charge in [-0.1, -0.05) is 60.7 Å². The summed E-state index contributed by atoms with van der Waals surface area (Å²) in [5, 5.41) is 0. The van der Waals surface area contributed by atoms with Gasteiger partial charge >= 0.3 is 7.82 Å². The lowest BCUT2D eigenvalue weighted by atomic mass is 10.2. The quantitative estimate of drug-likeness (QED) is 0.426. The van der Waals surface area contributed by atoms with Gasteiger partial charge in [0, 0.05) is 18.6 Å². The Morgan fingerprint density at radius 2 is 1.18 bits per heavy atom. The normalized spacial score (nSPS) is 12.2. The number of hydrogen-bond donors (Lipinski definition) is 0. The van der Waals surface area contributed by atoms with Crippen molar-refractivity contribution in [2.75, 3.05) is 13.2 Å². The van der Waals surface area contributed by atoms with Crippen molar-refractivity contribution in [1.29, 1.82) is 0 Å². The summed E-state index contributed by atoms with van der Waals surface area (Å²) in [7, 11) is -3.69. The van der Waals surface area contributed by atoms with E-state index in [1.54, 1.807) is 0 Å². The van der Waals surface area contributed by atoms with Crippen LogP contribution in [0.3, 0.4) is 0 Å². The van der Waals surface area contributed by atoms with Gasteiger partial charge < -0.3 is 0 Å². The van der Waals surface area contributed by atoms with Crippen LogP contribution in [0.25, 0.3) is 0 Å². The molecule has 0 aliphatic heterocycles. The van der Waals surface area contributed by atoms with Crippen LogP contribution in [0.15, 0.2) is 60.7 Å². The minimum Gasteiger partial charge on any atom is -0.296 e. The Hall–Kier alpha value is -1.49. The maximum Gasteiger partial charge on any atom is 0.475 e. The zero-order chi connectivity index (χ0) is 20.4. The molecular weight excluding hydrogens is 373 g/mol. The van der Waals surface area contributed by atoms with Crippen LogP contribution in [0, 0.1) is 0 Å². The van der Waals surface area contributed by atoms with E-state index >= 15 is 0 Å². The van der Waals surface area contributed by atoms with Crippen LogP contribution in [0.1, 0.15) is 38.8 Å². The standard InChI is InChI=1S/C22H32NO4P/c1-19(2)23(20(3)4)15-16-25-28(24,26-17-21-11-7-5-8-12-21)27-18-22-13-9-6-10-14-22/h5-14,19-20H,15-18H2,1-4H3. The van der Waals surface area contributed by atoms with Crippen LogP contribution >= 0.6 is 7.82 Å². The smallest absolute Gasteiger partial charge is 0.296 e. The Kier molecular flexibility index (Phi) is 9.36. The van der Waals surface area contributed by atoms with E-state index < -0.39 is 7.82 Å². The van der Waals surface area contributed by atoms with Crippen molar-refractivity contribution in [2.45, 2.75) is 53.0 Å². The molecule has 0 unspecified atom stereocenters. The van der Waals surface area contributed by atoms with E-state index in [0.717, 1.165) is 11.1 Å². The third-order valence-electron chi connectivity index (χ3n) is 4.39. The molecule has 0 saturated heterocycles. The summed E-state index contributed by atoms with van der Waals surface area (Å²) < 4.78 is 30.1. The van der Waals surface area contributed by atoms with Crippen molar-refractivity contribution in [3.8, 4) is 0 Å². The molecule has 0 spiro atoms. The minimum absolute atomic E-state index is 0.172. The highest BCUT2D eigenvalue weighted by Crippen LogP contribution is 2.50. The van der Waals surface area contributed by atoms with E-state index in [4.69, 9.17) is 13.6 Å². The highest BCUT2D eigenvalue weighted by atomic mass is 31.2. The Balaban J connectivity index is 1.98. The maximum atomic E-state index is 13.2. The summed E-state index contributed by atoms with van der Waals surface area (Å²) in [5.41, 5.74) is 1.83. The number of nitrogens with zero attached hydrogens (tertiary/aromatic N) is 1. The van der Waals surface area contributed by atoms with Gasteiger partial charge in [0.2, 0.25) is 0 Å². The van der Waals surface area contributed by atoms with Gasteiger partial charge in [0.1, 0.15) is 0 Å². The van der Waals surface area contributed by atoms with Gasteiger partial charge in [-0.25, -0.2) is 4.57 Å². The zero-order valence-corrected chi connectivity index (χ0v) is 18.2. The summed E-state index contributed by atoms with van der Waals surface area (Å²) in [6, 6.07) is 19.9. The average molecular weight is 405 g/mol. The first kappa shape index (κ1) is 22.8. The van der Waals surface area contributed by atoms with Crippen molar-refractivity contribution in [1.82, 2.24) is 4.90 Å². The largest absolute Gasteiger partial charge is 0.475 e. The number of benzene rings is 2. The molecule has 0 fully saturated rings. The first-order valence-corrected chi connectivity index (χ1v) is 11.2. The molecule has 0 aliphatic rings. The van der Waals surface area contributed by atoms with Crippen molar-refractivity contribution in [2.24, 2.45) is 0 Å². The first-order valence-electron chi connectivity index (χ1n) is 9.77. The van der Waals surface area contributed by atoms with Gasteiger partial charge in [-0.15, -0.1) is 0 Å². The fourth-order valence-corrected chi connectivity index (χ4v) is 4.08. The van der Waals surface area contributed by atoms with Crippen molar-refractivity contribution < 1.29 is 18.1 Å². The molecule has 0 heterocycles. The number of phosphoric ester groups is 1. The van der Waals surface area contributed by atoms with Crippen molar-refractivity contribution in [3.05, 3.63) is 71.8 Å². The third-order valence-corrected chi connectivity index (χ3v) is 5.78. The molecule has 0 N–H and O–H groups in total. The van der Waals surface area contributed by atoms with E-state index in [-0.39, 0.29) is 19.8 Å². The van der Waals surface area contributed by atoms with Gasteiger partial charge in [-0.2, -0.15) is 0 Å². The molecular formula is C22H32NO4P. The molecule has 0 atom stereocenters. The molecule has 2 aromatic rings. The zero-order valence-electron chi connectivity index (χ0n) is 17.3. The van der Waals surface area contributed by atoms with Crippen LogP contribution in [-0.2, 0) is 31.4 Å². The molecule has 0 radical (unpaired) electrons. The fraction of sp³-hybridized carbons (Fsp3) is 0.455. The SMILES string of the molecule is CC(C)N(CCOP(=O)(OCc1ccccc1)OCc1ccccc1)C(C)C. The van der Waals surface area contributed by atoms with E-state index in [1.807, 2.05) is 60.7 Å². The molecule has 154 valence electrons. The van der Waals surface area contributed by atoms with Crippen LogP contribution in [0.4, 0.5) is 0 Å². The van der Waals surface area contributed by atoms with Crippen LogP contribution in [-0.4, -0.2) is 30.1 Å². The molecule has 0 aliphatic carbocycles. The lowest BCUT2D eigenvalue weighted by Crippen LogP contribution is -2.39. The summed E-state index contributed by atoms with van der Waals surface area (Å²) in [4.78, 5) is 2.28. The molecule has 0 amide bonds. The summed E-state index contributed by atoms with van der Waals surface area (Å²) in [6.45, 7) is 9.82. The van der Waals surface area contributed by atoms with Gasteiger partial charge in [0.15, 0.2) is 0 Å². The summed E-state index contributed by atoms with van der Waals surface area (Å²) >= 11 is 0. The second-order valence-electron chi connectivity index (χ2n) is 7.22. The van der Waals surface area contributed by atoms with Crippen LogP contribution in [0.5, 0.6) is 0 Å². The van der Waals surface area contributed by atoms with E-state index in [2.05, 4.69) is 32.6 Å². The molecule has 2 aromatic carbocycles. The highest BCUT2D eigenvalue weighted by Gasteiger charge is 2.28. The van der Waals surface area contributed by atoms with Gasteiger partial charge in [-0.3, -0.25) is 18.5 Å². The lowest BCUT2D eigenvalue weighted by Gasteiger charge is -2.30. The molecule has 0 bridgehead atoms. The molecule has 28 heavy (non-hydrogen) atoms. The topological polar surface area (TPSA) is 48.0 Å². The predicted octanol–water partition coefficient (Wildman–Crippen LogP) is 5.66. The lowest BCUT2D eigenvalue weighted by molar-refractivity contribution is 0.0807. The average Bonchev–Trinajstić information content (AvgIpc) is 2.69. The van der Waals surface area contributed by atoms with Crippen molar-refractivity contribution in [3.63, 3.8) is 0 Å². The Morgan fingerprint density at radius 3 is 1.57 bits per heavy atom. The predicted molar refractivity (Wildman–Crippen MR) is 113 cm³/mol. The molecule has 6 heteroatoms. The van der Waals surface area contributed by atoms with Gasteiger partial charge in [-0.05, 0) is 38.8 Å². The van der Waals surface area contributed by atoms with Crippen molar-refractivity contribution >= 4 is 7.82 Å². The minimum atomic E-state index is -3.69. The van der Waals surface area contributed by atoms with E-state index in [0.29, 0.717) is 18.6 Å². The third kappa shape index (κ3) is 7.86. The number of hydrogen-bond acceptors (Lipinski definition) is 5. The maximum absolute atomic E-state index is 13.2. The Labute approximate surface area is 169 Å².